The van der Waals surface area contributed by atoms with Crippen molar-refractivity contribution in [2.24, 2.45) is 0 Å². The maximum Gasteiger partial charge on any atom is 0.253 e. The second-order valence-electron chi connectivity index (χ2n) is 5.21. The topological polar surface area (TPSA) is 62.5 Å². The van der Waals surface area contributed by atoms with Crippen LogP contribution in [0.3, 0.4) is 0 Å². The summed E-state index contributed by atoms with van der Waals surface area (Å²) in [5.74, 6) is 0.815. The number of hydrogen-bond acceptors (Lipinski definition) is 4. The summed E-state index contributed by atoms with van der Waals surface area (Å²) in [4.78, 5) is 20.7. The Labute approximate surface area is 146 Å². The number of nitrogen functional groups attached to an aromatic ring is 1. The predicted octanol–water partition coefficient (Wildman–Crippen LogP) is 2.70. The number of anilines is 2. The average Bonchev–Trinajstić information content (AvgIpc) is 2.56. The molecule has 0 atom stereocenters. The minimum Gasteiger partial charge on any atom is -0.399 e. The minimum absolute atomic E-state index is 0. The van der Waals surface area contributed by atoms with Gasteiger partial charge >= 0.3 is 0 Å². The van der Waals surface area contributed by atoms with Gasteiger partial charge in [-0.3, -0.25) is 4.79 Å². The largest absolute Gasteiger partial charge is 0.399 e. The van der Waals surface area contributed by atoms with Crippen molar-refractivity contribution in [2.45, 2.75) is 0 Å². The third kappa shape index (κ3) is 3.86. The quantitative estimate of drug-likeness (QED) is 0.844. The summed E-state index contributed by atoms with van der Waals surface area (Å²) in [6, 6.07) is 10.7. The number of nitrogens with two attached hydrogens (primary N) is 1. The summed E-state index contributed by atoms with van der Waals surface area (Å²) in [5, 5.41) is 0.640. The van der Waals surface area contributed by atoms with Crippen molar-refractivity contribution >= 4 is 41.4 Å². The number of aromatic nitrogens is 1. The van der Waals surface area contributed by atoms with Crippen molar-refractivity contribution in [3.8, 4) is 0 Å². The summed E-state index contributed by atoms with van der Waals surface area (Å²) in [7, 11) is 0. The second kappa shape index (κ2) is 7.53. The van der Waals surface area contributed by atoms with Gasteiger partial charge in [0.05, 0.1) is 5.02 Å². The maximum atomic E-state index is 12.4. The molecular formula is C16H18Cl2N4O. The van der Waals surface area contributed by atoms with E-state index in [2.05, 4.69) is 9.88 Å². The first-order chi connectivity index (χ1) is 10.6. The molecule has 2 N–H and O–H groups in total. The molecule has 5 nitrogen and oxygen atoms in total. The van der Waals surface area contributed by atoms with Crippen molar-refractivity contribution in [1.29, 1.82) is 0 Å². The molecule has 0 bridgehead atoms. The van der Waals surface area contributed by atoms with Crippen molar-refractivity contribution in [2.75, 3.05) is 36.8 Å². The van der Waals surface area contributed by atoms with E-state index in [4.69, 9.17) is 17.3 Å². The normalized spacial score (nSPS) is 14.3. The van der Waals surface area contributed by atoms with Crippen LogP contribution in [0, 0.1) is 0 Å². The number of carbonyl (C=O) groups excluding carboxylic acids is 1. The molecule has 0 aliphatic carbocycles. The van der Waals surface area contributed by atoms with Gasteiger partial charge in [-0.15, -0.1) is 12.4 Å². The summed E-state index contributed by atoms with van der Waals surface area (Å²) in [6.45, 7) is 2.74. The molecule has 0 unspecified atom stereocenters. The summed E-state index contributed by atoms with van der Waals surface area (Å²) in [6.07, 6.45) is 1.73. The molecule has 1 aliphatic rings. The van der Waals surface area contributed by atoms with E-state index < -0.39 is 0 Å². The van der Waals surface area contributed by atoms with Crippen LogP contribution < -0.4 is 10.6 Å². The SMILES string of the molecule is Cl.Nc1ccc(C(=O)N2CCN(c3ncccc3Cl)CC2)cc1. The van der Waals surface area contributed by atoms with E-state index in [9.17, 15) is 4.79 Å². The maximum absolute atomic E-state index is 12.4. The van der Waals surface area contributed by atoms with E-state index in [1.54, 1.807) is 30.5 Å². The lowest BCUT2D eigenvalue weighted by atomic mass is 10.1. The third-order valence-electron chi connectivity index (χ3n) is 3.76. The summed E-state index contributed by atoms with van der Waals surface area (Å²) < 4.78 is 0. The number of halogens is 2. The number of carbonyl (C=O) groups is 1. The lowest BCUT2D eigenvalue weighted by molar-refractivity contribution is 0.0746. The Hall–Kier alpha value is -1.98. The molecule has 1 amide bonds. The number of pyridine rings is 1. The Morgan fingerprint density at radius 3 is 2.35 bits per heavy atom. The Kier molecular flexibility index (Phi) is 5.69. The van der Waals surface area contributed by atoms with Crippen LogP contribution in [0.15, 0.2) is 42.6 Å². The summed E-state index contributed by atoms with van der Waals surface area (Å²) in [5.41, 5.74) is 6.97. The standard InChI is InChI=1S/C16H17ClN4O.ClH/c17-14-2-1-7-19-15(14)20-8-10-21(11-9-20)16(22)12-3-5-13(18)6-4-12;/h1-7H,8-11,18H2;1H. The predicted molar refractivity (Wildman–Crippen MR) is 95.5 cm³/mol. The van der Waals surface area contributed by atoms with E-state index >= 15 is 0 Å². The molecule has 1 aromatic heterocycles. The molecule has 3 rings (SSSR count). The van der Waals surface area contributed by atoms with Gasteiger partial charge in [-0.05, 0) is 36.4 Å². The summed E-state index contributed by atoms with van der Waals surface area (Å²) >= 11 is 6.17. The van der Waals surface area contributed by atoms with Crippen molar-refractivity contribution < 1.29 is 4.79 Å². The highest BCUT2D eigenvalue weighted by molar-refractivity contribution is 6.32. The Balaban J connectivity index is 0.00000192. The molecule has 0 saturated carbocycles. The molecule has 1 saturated heterocycles. The number of benzene rings is 1. The third-order valence-corrected chi connectivity index (χ3v) is 4.06. The van der Waals surface area contributed by atoms with Gasteiger partial charge in [0.15, 0.2) is 0 Å². The van der Waals surface area contributed by atoms with Crippen LogP contribution in [0.5, 0.6) is 0 Å². The molecule has 1 fully saturated rings. The molecular weight excluding hydrogens is 335 g/mol. The monoisotopic (exact) mass is 352 g/mol. The first-order valence-electron chi connectivity index (χ1n) is 7.15. The Morgan fingerprint density at radius 1 is 1.09 bits per heavy atom. The Morgan fingerprint density at radius 2 is 1.74 bits per heavy atom. The van der Waals surface area contributed by atoms with Crippen LogP contribution >= 0.6 is 24.0 Å². The van der Waals surface area contributed by atoms with Gasteiger partial charge in [-0.1, -0.05) is 11.6 Å². The van der Waals surface area contributed by atoms with Crippen molar-refractivity contribution in [1.82, 2.24) is 9.88 Å². The zero-order valence-electron chi connectivity index (χ0n) is 12.5. The molecule has 122 valence electrons. The minimum atomic E-state index is 0. The fourth-order valence-electron chi connectivity index (χ4n) is 2.54. The van der Waals surface area contributed by atoms with E-state index in [0.717, 1.165) is 18.9 Å². The highest BCUT2D eigenvalue weighted by atomic mass is 35.5. The van der Waals surface area contributed by atoms with Crippen molar-refractivity contribution in [3.05, 3.63) is 53.2 Å². The van der Waals surface area contributed by atoms with Crippen LogP contribution in [-0.4, -0.2) is 42.0 Å². The van der Waals surface area contributed by atoms with E-state index in [-0.39, 0.29) is 18.3 Å². The van der Waals surface area contributed by atoms with Crippen LogP contribution in [0.1, 0.15) is 10.4 Å². The smallest absolute Gasteiger partial charge is 0.253 e. The van der Waals surface area contributed by atoms with Gasteiger partial charge in [-0.25, -0.2) is 4.98 Å². The van der Waals surface area contributed by atoms with E-state index in [1.807, 2.05) is 17.0 Å². The number of hydrogen-bond donors (Lipinski definition) is 1. The highest BCUT2D eigenvalue weighted by Gasteiger charge is 2.23. The van der Waals surface area contributed by atoms with Gasteiger partial charge < -0.3 is 15.5 Å². The molecule has 1 aliphatic heterocycles. The fraction of sp³-hybridized carbons (Fsp3) is 0.250. The number of rotatable bonds is 2. The highest BCUT2D eigenvalue weighted by Crippen LogP contribution is 2.23. The first-order valence-corrected chi connectivity index (χ1v) is 7.53. The van der Waals surface area contributed by atoms with Crippen LogP contribution in [0.4, 0.5) is 11.5 Å². The molecule has 0 spiro atoms. The molecule has 0 radical (unpaired) electrons. The van der Waals surface area contributed by atoms with Crippen LogP contribution in [-0.2, 0) is 0 Å². The first kappa shape index (κ1) is 17.4. The lowest BCUT2D eigenvalue weighted by Gasteiger charge is -2.35. The molecule has 1 aromatic carbocycles. The number of nitrogens with zero attached hydrogens (tertiary/aromatic N) is 3. The molecule has 23 heavy (non-hydrogen) atoms. The van der Waals surface area contributed by atoms with Gasteiger partial charge in [0.1, 0.15) is 5.82 Å². The van der Waals surface area contributed by atoms with Crippen molar-refractivity contribution in [3.63, 3.8) is 0 Å². The molecule has 2 aromatic rings. The lowest BCUT2D eigenvalue weighted by Crippen LogP contribution is -2.49. The second-order valence-corrected chi connectivity index (χ2v) is 5.62. The van der Waals surface area contributed by atoms with E-state index in [1.165, 1.54) is 0 Å². The average molecular weight is 353 g/mol. The number of piperazine rings is 1. The molecule has 7 heteroatoms. The number of amides is 1. The zero-order chi connectivity index (χ0) is 15.5. The van der Waals surface area contributed by atoms with Gasteiger partial charge in [0.25, 0.3) is 5.91 Å². The van der Waals surface area contributed by atoms with Crippen LogP contribution in [0.2, 0.25) is 5.02 Å². The van der Waals surface area contributed by atoms with Gasteiger partial charge in [0, 0.05) is 43.6 Å². The van der Waals surface area contributed by atoms with Gasteiger partial charge in [0.2, 0.25) is 0 Å². The van der Waals surface area contributed by atoms with E-state index in [0.29, 0.717) is 29.4 Å². The molecule has 2 heterocycles. The van der Waals surface area contributed by atoms with Crippen LogP contribution in [0.25, 0.3) is 0 Å². The fourth-order valence-corrected chi connectivity index (χ4v) is 2.78. The Bertz CT molecular complexity index is 670. The zero-order valence-corrected chi connectivity index (χ0v) is 14.1. The van der Waals surface area contributed by atoms with Gasteiger partial charge in [-0.2, -0.15) is 0 Å².